The van der Waals surface area contributed by atoms with Crippen molar-refractivity contribution in [3.8, 4) is 5.75 Å². The van der Waals surface area contributed by atoms with Crippen molar-refractivity contribution in [1.29, 1.82) is 0 Å². The highest BCUT2D eigenvalue weighted by Gasteiger charge is 2.15. The molecule has 1 N–H and O–H groups in total. The number of ether oxygens (including phenoxy) is 1. The minimum atomic E-state index is -0.778. The van der Waals surface area contributed by atoms with Crippen molar-refractivity contribution >= 4 is 5.91 Å². The third-order valence-corrected chi connectivity index (χ3v) is 3.31. The predicted molar refractivity (Wildman–Crippen MR) is 79.1 cm³/mol. The van der Waals surface area contributed by atoms with E-state index >= 15 is 0 Å². The maximum absolute atomic E-state index is 13.4. The van der Waals surface area contributed by atoms with Gasteiger partial charge in [0.1, 0.15) is 18.2 Å². The standard InChI is InChI=1S/C16H18F2N2O3/c1-9(8-22-15-5-4-12(17)6-14(15)18)19-16(21)7-13-10(2)20-23-11(13)3/h4-6,9H,7-8H2,1-3H3,(H,19,21)/t9-/m1/s1. The van der Waals surface area contributed by atoms with Crippen LogP contribution in [0.2, 0.25) is 0 Å². The molecule has 1 aromatic heterocycles. The number of aromatic nitrogens is 1. The second-order valence-electron chi connectivity index (χ2n) is 5.33. The Hall–Kier alpha value is -2.44. The van der Waals surface area contributed by atoms with Crippen LogP contribution in [-0.4, -0.2) is 23.7 Å². The van der Waals surface area contributed by atoms with Gasteiger partial charge in [0.2, 0.25) is 5.91 Å². The molecule has 0 radical (unpaired) electrons. The highest BCUT2D eigenvalue weighted by atomic mass is 19.1. The molecule has 0 bridgehead atoms. The SMILES string of the molecule is Cc1noc(C)c1CC(=O)N[C@H](C)COc1ccc(F)cc1F. The maximum atomic E-state index is 13.4. The van der Waals surface area contributed by atoms with Gasteiger partial charge in [-0.2, -0.15) is 0 Å². The van der Waals surface area contributed by atoms with Gasteiger partial charge in [0.05, 0.1) is 18.2 Å². The number of aryl methyl sites for hydroxylation is 2. The fourth-order valence-corrected chi connectivity index (χ4v) is 2.09. The van der Waals surface area contributed by atoms with Gasteiger partial charge < -0.3 is 14.6 Å². The molecule has 0 saturated heterocycles. The molecule has 23 heavy (non-hydrogen) atoms. The summed E-state index contributed by atoms with van der Waals surface area (Å²) in [6, 6.07) is 2.73. The lowest BCUT2D eigenvalue weighted by Gasteiger charge is -2.15. The van der Waals surface area contributed by atoms with Gasteiger partial charge in [0.15, 0.2) is 11.6 Å². The second-order valence-corrected chi connectivity index (χ2v) is 5.33. The van der Waals surface area contributed by atoms with E-state index in [1.807, 2.05) is 0 Å². The summed E-state index contributed by atoms with van der Waals surface area (Å²) in [6.07, 6.45) is 0.149. The third kappa shape index (κ3) is 4.51. The Morgan fingerprint density at radius 3 is 2.74 bits per heavy atom. The van der Waals surface area contributed by atoms with Crippen molar-refractivity contribution in [2.75, 3.05) is 6.61 Å². The zero-order valence-electron chi connectivity index (χ0n) is 13.2. The summed E-state index contributed by atoms with van der Waals surface area (Å²) in [5, 5.41) is 6.53. The van der Waals surface area contributed by atoms with Crippen LogP contribution in [0.4, 0.5) is 8.78 Å². The molecule has 1 heterocycles. The molecule has 124 valence electrons. The molecular formula is C16H18F2N2O3. The number of carbonyl (C=O) groups excluding carboxylic acids is 1. The molecule has 2 aromatic rings. The van der Waals surface area contributed by atoms with Crippen LogP contribution in [0.15, 0.2) is 22.7 Å². The summed E-state index contributed by atoms with van der Waals surface area (Å²) >= 11 is 0. The van der Waals surface area contributed by atoms with Crippen LogP contribution in [0.1, 0.15) is 23.9 Å². The topological polar surface area (TPSA) is 64.4 Å². The number of hydrogen-bond acceptors (Lipinski definition) is 4. The number of amides is 1. The summed E-state index contributed by atoms with van der Waals surface area (Å²) in [4.78, 5) is 12.0. The second kappa shape index (κ2) is 7.21. The Balaban J connectivity index is 1.84. The Bertz CT molecular complexity index is 681. The highest BCUT2D eigenvalue weighted by molar-refractivity contribution is 5.79. The van der Waals surface area contributed by atoms with E-state index in [0.29, 0.717) is 11.5 Å². The van der Waals surface area contributed by atoms with E-state index < -0.39 is 11.6 Å². The molecule has 0 aliphatic carbocycles. The Morgan fingerprint density at radius 2 is 2.13 bits per heavy atom. The molecule has 0 unspecified atom stereocenters. The first kappa shape index (κ1) is 16.9. The van der Waals surface area contributed by atoms with Gasteiger partial charge in [0, 0.05) is 11.6 Å². The van der Waals surface area contributed by atoms with E-state index in [1.54, 1.807) is 20.8 Å². The van der Waals surface area contributed by atoms with E-state index in [4.69, 9.17) is 9.26 Å². The van der Waals surface area contributed by atoms with E-state index in [0.717, 1.165) is 17.7 Å². The number of benzene rings is 1. The number of hydrogen-bond donors (Lipinski definition) is 1. The number of nitrogens with zero attached hydrogens (tertiary/aromatic N) is 1. The minimum Gasteiger partial charge on any atom is -0.488 e. The summed E-state index contributed by atoms with van der Waals surface area (Å²) in [6.45, 7) is 5.30. The Kier molecular flexibility index (Phi) is 5.31. The van der Waals surface area contributed by atoms with Crippen LogP contribution in [0.5, 0.6) is 5.75 Å². The van der Waals surface area contributed by atoms with E-state index in [2.05, 4.69) is 10.5 Å². The fraction of sp³-hybridized carbons (Fsp3) is 0.375. The van der Waals surface area contributed by atoms with Gasteiger partial charge in [-0.25, -0.2) is 8.78 Å². The van der Waals surface area contributed by atoms with Gasteiger partial charge >= 0.3 is 0 Å². The fourth-order valence-electron chi connectivity index (χ4n) is 2.09. The average Bonchev–Trinajstić information content (AvgIpc) is 2.78. The molecule has 7 heteroatoms. The van der Waals surface area contributed by atoms with Crippen molar-refractivity contribution in [3.05, 3.63) is 46.9 Å². The largest absolute Gasteiger partial charge is 0.488 e. The van der Waals surface area contributed by atoms with Gasteiger partial charge in [-0.05, 0) is 32.9 Å². The van der Waals surface area contributed by atoms with Crippen molar-refractivity contribution in [2.45, 2.75) is 33.2 Å². The molecule has 1 amide bonds. The highest BCUT2D eigenvalue weighted by Crippen LogP contribution is 2.17. The van der Waals surface area contributed by atoms with E-state index in [1.165, 1.54) is 6.07 Å². The zero-order valence-corrected chi connectivity index (χ0v) is 13.2. The monoisotopic (exact) mass is 324 g/mol. The lowest BCUT2D eigenvalue weighted by atomic mass is 10.1. The lowest BCUT2D eigenvalue weighted by Crippen LogP contribution is -2.37. The quantitative estimate of drug-likeness (QED) is 0.887. The molecule has 0 spiro atoms. The average molecular weight is 324 g/mol. The van der Waals surface area contributed by atoms with Gasteiger partial charge in [-0.3, -0.25) is 4.79 Å². The van der Waals surface area contributed by atoms with Crippen LogP contribution in [-0.2, 0) is 11.2 Å². The Labute approximate surface area is 132 Å². The van der Waals surface area contributed by atoms with Crippen molar-refractivity contribution in [3.63, 3.8) is 0 Å². The van der Waals surface area contributed by atoms with Crippen LogP contribution in [0, 0.1) is 25.5 Å². The number of halogens is 2. The van der Waals surface area contributed by atoms with E-state index in [9.17, 15) is 13.6 Å². The number of nitrogens with one attached hydrogen (secondary N) is 1. The van der Waals surface area contributed by atoms with E-state index in [-0.39, 0.29) is 30.7 Å². The summed E-state index contributed by atoms with van der Waals surface area (Å²) < 4.78 is 36.5. The van der Waals surface area contributed by atoms with Gasteiger partial charge in [0.25, 0.3) is 0 Å². The molecule has 0 aliphatic rings. The van der Waals surface area contributed by atoms with Crippen LogP contribution < -0.4 is 10.1 Å². The first-order valence-electron chi connectivity index (χ1n) is 7.15. The molecule has 0 saturated carbocycles. The number of rotatable bonds is 6. The molecule has 1 aromatic carbocycles. The Morgan fingerprint density at radius 1 is 1.39 bits per heavy atom. The van der Waals surface area contributed by atoms with Crippen molar-refractivity contribution in [1.82, 2.24) is 10.5 Å². The summed E-state index contributed by atoms with van der Waals surface area (Å²) in [5.41, 5.74) is 1.43. The lowest BCUT2D eigenvalue weighted by molar-refractivity contribution is -0.121. The van der Waals surface area contributed by atoms with Crippen molar-refractivity contribution in [2.24, 2.45) is 0 Å². The van der Waals surface area contributed by atoms with Gasteiger partial charge in [-0.15, -0.1) is 0 Å². The molecular weight excluding hydrogens is 306 g/mol. The van der Waals surface area contributed by atoms with Gasteiger partial charge in [-0.1, -0.05) is 5.16 Å². The molecule has 0 aliphatic heterocycles. The molecule has 1 atom stereocenters. The first-order valence-corrected chi connectivity index (χ1v) is 7.15. The van der Waals surface area contributed by atoms with Crippen molar-refractivity contribution < 1.29 is 22.8 Å². The molecule has 2 rings (SSSR count). The smallest absolute Gasteiger partial charge is 0.224 e. The van der Waals surface area contributed by atoms with Crippen LogP contribution in [0.25, 0.3) is 0 Å². The third-order valence-electron chi connectivity index (χ3n) is 3.31. The maximum Gasteiger partial charge on any atom is 0.224 e. The van der Waals surface area contributed by atoms with Crippen LogP contribution in [0.3, 0.4) is 0 Å². The summed E-state index contributed by atoms with van der Waals surface area (Å²) in [7, 11) is 0. The first-order chi connectivity index (χ1) is 10.9. The zero-order chi connectivity index (χ0) is 17.0. The minimum absolute atomic E-state index is 0.0572. The normalized spacial score (nSPS) is 12.0. The predicted octanol–water partition coefficient (Wildman–Crippen LogP) is 2.70. The van der Waals surface area contributed by atoms with Crippen LogP contribution >= 0.6 is 0 Å². The molecule has 0 fully saturated rings. The molecule has 5 nitrogen and oxygen atoms in total. The number of carbonyl (C=O) groups is 1. The summed E-state index contributed by atoms with van der Waals surface area (Å²) in [5.74, 6) is -1.11.